The van der Waals surface area contributed by atoms with Crippen molar-refractivity contribution >= 4 is 15.9 Å². The van der Waals surface area contributed by atoms with Crippen LogP contribution in [0.5, 0.6) is 0 Å². The number of allylic oxidation sites excluding steroid dienone is 2. The summed E-state index contributed by atoms with van der Waals surface area (Å²) in [6.45, 7) is 5.70. The topological polar surface area (TPSA) is 0 Å². The number of halogens is 1. The molecule has 0 spiro atoms. The zero-order chi connectivity index (χ0) is 5.70. The standard InChI is InChI=1S/C6H9Br/c1-3-6(4-2)5-7/h3,5H,1,4H2,2H3/b6-5+. The molecule has 0 aromatic carbocycles. The average Bonchev–Trinajstić information content (AvgIpc) is 1.72. The largest absolute Gasteiger partial charge is 0.0988 e. The van der Waals surface area contributed by atoms with Gasteiger partial charge in [-0.2, -0.15) is 0 Å². The Bertz CT molecular complexity index is 82.2. The summed E-state index contributed by atoms with van der Waals surface area (Å²) in [6.07, 6.45) is 2.89. The molecule has 0 aliphatic rings. The van der Waals surface area contributed by atoms with E-state index in [4.69, 9.17) is 0 Å². The molecule has 0 aromatic heterocycles. The van der Waals surface area contributed by atoms with Crippen molar-refractivity contribution in [2.24, 2.45) is 0 Å². The third-order valence-electron chi connectivity index (χ3n) is 0.811. The highest BCUT2D eigenvalue weighted by atomic mass is 79.9. The van der Waals surface area contributed by atoms with Crippen molar-refractivity contribution in [3.63, 3.8) is 0 Å². The highest BCUT2D eigenvalue weighted by Gasteiger charge is 1.78. The number of hydrogen-bond acceptors (Lipinski definition) is 0. The van der Waals surface area contributed by atoms with Crippen molar-refractivity contribution in [3.05, 3.63) is 23.2 Å². The third-order valence-corrected chi connectivity index (χ3v) is 1.40. The van der Waals surface area contributed by atoms with E-state index in [9.17, 15) is 0 Å². The Kier molecular flexibility index (Phi) is 4.10. The summed E-state index contributed by atoms with van der Waals surface area (Å²) in [6, 6.07) is 0. The van der Waals surface area contributed by atoms with Crippen molar-refractivity contribution in [3.8, 4) is 0 Å². The van der Waals surface area contributed by atoms with Gasteiger partial charge in [0.25, 0.3) is 0 Å². The van der Waals surface area contributed by atoms with Gasteiger partial charge < -0.3 is 0 Å². The first-order valence-electron chi connectivity index (χ1n) is 2.26. The highest BCUT2D eigenvalue weighted by Crippen LogP contribution is 2.02. The van der Waals surface area contributed by atoms with Crippen LogP contribution in [-0.4, -0.2) is 0 Å². The van der Waals surface area contributed by atoms with Gasteiger partial charge in [0.05, 0.1) is 0 Å². The van der Waals surface area contributed by atoms with Gasteiger partial charge in [-0.1, -0.05) is 35.5 Å². The molecule has 0 amide bonds. The van der Waals surface area contributed by atoms with Crippen LogP contribution in [0.1, 0.15) is 13.3 Å². The molecule has 0 radical (unpaired) electrons. The van der Waals surface area contributed by atoms with Gasteiger partial charge in [0.15, 0.2) is 0 Å². The quantitative estimate of drug-likeness (QED) is 0.546. The van der Waals surface area contributed by atoms with Crippen LogP contribution >= 0.6 is 15.9 Å². The first kappa shape index (κ1) is 6.96. The minimum absolute atomic E-state index is 1.05. The molecule has 0 aliphatic carbocycles. The van der Waals surface area contributed by atoms with Gasteiger partial charge in [-0.15, -0.1) is 0 Å². The predicted molar refractivity (Wildman–Crippen MR) is 37.5 cm³/mol. The van der Waals surface area contributed by atoms with E-state index in [1.165, 1.54) is 5.57 Å². The van der Waals surface area contributed by atoms with Crippen molar-refractivity contribution in [1.82, 2.24) is 0 Å². The molecule has 40 valence electrons. The lowest BCUT2D eigenvalue weighted by molar-refractivity contribution is 1.16. The molecule has 0 heterocycles. The van der Waals surface area contributed by atoms with E-state index < -0.39 is 0 Å². The molecule has 0 fully saturated rings. The van der Waals surface area contributed by atoms with Crippen molar-refractivity contribution < 1.29 is 0 Å². The van der Waals surface area contributed by atoms with Gasteiger partial charge in [0.1, 0.15) is 0 Å². The monoisotopic (exact) mass is 160 g/mol. The van der Waals surface area contributed by atoms with Gasteiger partial charge in [0, 0.05) is 0 Å². The van der Waals surface area contributed by atoms with Crippen molar-refractivity contribution in [1.29, 1.82) is 0 Å². The second-order valence-electron chi connectivity index (χ2n) is 1.24. The fraction of sp³-hybridized carbons (Fsp3) is 0.333. The van der Waals surface area contributed by atoms with Crippen LogP contribution in [0.15, 0.2) is 23.2 Å². The van der Waals surface area contributed by atoms with Gasteiger partial charge in [-0.25, -0.2) is 0 Å². The van der Waals surface area contributed by atoms with E-state index in [1.807, 2.05) is 11.1 Å². The Morgan fingerprint density at radius 1 is 1.86 bits per heavy atom. The lowest BCUT2D eigenvalue weighted by atomic mass is 10.2. The Balaban J connectivity index is 3.60. The maximum atomic E-state index is 3.60. The normalized spacial score (nSPS) is 11.4. The minimum Gasteiger partial charge on any atom is -0.0988 e. The number of rotatable bonds is 2. The fourth-order valence-electron chi connectivity index (χ4n) is 0.266. The van der Waals surface area contributed by atoms with Gasteiger partial charge in [0.2, 0.25) is 0 Å². The molecule has 0 bridgehead atoms. The lowest BCUT2D eigenvalue weighted by Crippen LogP contribution is -1.65. The molecular weight excluding hydrogens is 152 g/mol. The maximum Gasteiger partial charge on any atom is -0.0157 e. The van der Waals surface area contributed by atoms with E-state index in [1.54, 1.807) is 0 Å². The fourth-order valence-corrected chi connectivity index (χ4v) is 0.777. The van der Waals surface area contributed by atoms with E-state index in [2.05, 4.69) is 29.4 Å². The van der Waals surface area contributed by atoms with Crippen LogP contribution in [-0.2, 0) is 0 Å². The maximum absolute atomic E-state index is 3.60. The van der Waals surface area contributed by atoms with Crippen molar-refractivity contribution in [2.75, 3.05) is 0 Å². The van der Waals surface area contributed by atoms with Crippen LogP contribution in [0.3, 0.4) is 0 Å². The van der Waals surface area contributed by atoms with E-state index in [0.29, 0.717) is 0 Å². The Morgan fingerprint density at radius 2 is 2.43 bits per heavy atom. The second-order valence-corrected chi connectivity index (χ2v) is 1.70. The highest BCUT2D eigenvalue weighted by molar-refractivity contribution is 9.11. The second kappa shape index (κ2) is 4.13. The Hall–Kier alpha value is -0.0400. The first-order valence-corrected chi connectivity index (χ1v) is 3.18. The molecule has 0 unspecified atom stereocenters. The van der Waals surface area contributed by atoms with Crippen LogP contribution < -0.4 is 0 Å². The summed E-state index contributed by atoms with van der Waals surface area (Å²) < 4.78 is 0. The Labute approximate surface area is 53.1 Å². The predicted octanol–water partition coefficient (Wildman–Crippen LogP) is 2.86. The molecule has 0 N–H and O–H groups in total. The molecule has 0 rings (SSSR count). The molecule has 0 nitrogen and oxygen atoms in total. The minimum atomic E-state index is 1.05. The van der Waals surface area contributed by atoms with Gasteiger partial charge in [-0.3, -0.25) is 0 Å². The van der Waals surface area contributed by atoms with Crippen LogP contribution in [0.4, 0.5) is 0 Å². The van der Waals surface area contributed by atoms with Crippen molar-refractivity contribution in [2.45, 2.75) is 13.3 Å². The molecule has 0 aromatic rings. The molecule has 1 heteroatoms. The lowest BCUT2D eigenvalue weighted by Gasteiger charge is -1.87. The zero-order valence-electron chi connectivity index (χ0n) is 4.45. The van der Waals surface area contributed by atoms with E-state index >= 15 is 0 Å². The zero-order valence-corrected chi connectivity index (χ0v) is 6.03. The Morgan fingerprint density at radius 3 is 2.43 bits per heavy atom. The molecule has 0 aliphatic heterocycles. The molecule has 0 atom stereocenters. The smallest absolute Gasteiger partial charge is 0.0157 e. The van der Waals surface area contributed by atoms with E-state index in [-0.39, 0.29) is 0 Å². The summed E-state index contributed by atoms with van der Waals surface area (Å²) >= 11 is 3.20. The average molecular weight is 161 g/mol. The summed E-state index contributed by atoms with van der Waals surface area (Å²) in [4.78, 5) is 1.89. The van der Waals surface area contributed by atoms with Crippen LogP contribution in [0.2, 0.25) is 0 Å². The van der Waals surface area contributed by atoms with Gasteiger partial charge in [-0.05, 0) is 17.0 Å². The third kappa shape index (κ3) is 2.63. The van der Waals surface area contributed by atoms with Gasteiger partial charge >= 0.3 is 0 Å². The molecular formula is C6H9Br. The molecule has 0 saturated carbocycles. The molecule has 7 heavy (non-hydrogen) atoms. The summed E-state index contributed by atoms with van der Waals surface area (Å²) in [7, 11) is 0. The SMILES string of the molecule is C=C/C(=C\Br)CC. The number of hydrogen-bond donors (Lipinski definition) is 0. The summed E-state index contributed by atoms with van der Waals surface area (Å²) in [5.41, 5.74) is 1.24. The summed E-state index contributed by atoms with van der Waals surface area (Å²) in [5, 5.41) is 0. The van der Waals surface area contributed by atoms with E-state index in [0.717, 1.165) is 6.42 Å². The van der Waals surface area contributed by atoms with Crippen LogP contribution in [0.25, 0.3) is 0 Å². The molecule has 0 saturated heterocycles. The summed E-state index contributed by atoms with van der Waals surface area (Å²) in [5.74, 6) is 0. The van der Waals surface area contributed by atoms with Crippen LogP contribution in [0, 0.1) is 0 Å². The first-order chi connectivity index (χ1) is 3.35.